The zero-order chi connectivity index (χ0) is 14.1. The van der Waals surface area contributed by atoms with Crippen LogP contribution in [-0.2, 0) is 13.0 Å². The molecule has 0 fully saturated rings. The van der Waals surface area contributed by atoms with Crippen LogP contribution in [0.5, 0.6) is 0 Å². The van der Waals surface area contributed by atoms with E-state index < -0.39 is 0 Å². The molecular weight excluding hydrogens is 248 g/mol. The summed E-state index contributed by atoms with van der Waals surface area (Å²) in [7, 11) is 2.18. The number of H-pyrrole nitrogens is 1. The Hall–Kier alpha value is -2.38. The van der Waals surface area contributed by atoms with Crippen molar-refractivity contribution in [2.75, 3.05) is 19.3 Å². The number of benzene rings is 1. The van der Waals surface area contributed by atoms with Crippen molar-refractivity contribution in [2.45, 2.75) is 13.0 Å². The van der Waals surface area contributed by atoms with Crippen molar-refractivity contribution in [3.05, 3.63) is 47.2 Å². The van der Waals surface area contributed by atoms with Crippen LogP contribution >= 0.6 is 0 Å². The molecule has 4 heteroatoms. The van der Waals surface area contributed by atoms with Gasteiger partial charge in [-0.15, -0.1) is 0 Å². The number of likely N-dealkylation sites (N-methyl/N-ethyl adjacent to an activating group) is 1. The van der Waals surface area contributed by atoms with Crippen molar-refractivity contribution in [2.24, 2.45) is 0 Å². The fourth-order valence-corrected chi connectivity index (χ4v) is 2.91. The number of nitriles is 1. The summed E-state index contributed by atoms with van der Waals surface area (Å²) in [5.41, 5.74) is 11.1. The Kier molecular flexibility index (Phi) is 3.13. The minimum Gasteiger partial charge on any atom is -0.333 e. The molecule has 0 aliphatic carbocycles. The molecule has 0 bridgehead atoms. The third kappa shape index (κ3) is 2.02. The first-order valence-corrected chi connectivity index (χ1v) is 6.84. The molecule has 0 saturated carbocycles. The van der Waals surface area contributed by atoms with Crippen LogP contribution in [0.1, 0.15) is 16.8 Å². The molecular formula is C16H18N4+2. The van der Waals surface area contributed by atoms with Crippen molar-refractivity contribution in [1.82, 2.24) is 0 Å². The zero-order valence-corrected chi connectivity index (χ0v) is 11.5. The minimum absolute atomic E-state index is 0.477. The summed E-state index contributed by atoms with van der Waals surface area (Å²) in [5, 5.41) is 9.47. The molecule has 0 saturated heterocycles. The van der Waals surface area contributed by atoms with Crippen molar-refractivity contribution in [3.8, 4) is 17.2 Å². The first-order chi connectivity index (χ1) is 9.70. The van der Waals surface area contributed by atoms with Gasteiger partial charge in [-0.25, -0.2) is 4.98 Å². The maximum Gasteiger partial charge on any atom is 0.289 e. The van der Waals surface area contributed by atoms with Gasteiger partial charge in [-0.3, -0.25) is 5.73 Å². The van der Waals surface area contributed by atoms with E-state index in [0.29, 0.717) is 11.4 Å². The van der Waals surface area contributed by atoms with Crippen LogP contribution in [-0.4, -0.2) is 13.6 Å². The van der Waals surface area contributed by atoms with Crippen LogP contribution in [0.3, 0.4) is 0 Å². The number of nitrogens with zero attached hydrogens (tertiary/aromatic N) is 1. The third-order valence-corrected chi connectivity index (χ3v) is 3.93. The smallest absolute Gasteiger partial charge is 0.289 e. The van der Waals surface area contributed by atoms with Gasteiger partial charge in [-0.1, -0.05) is 30.3 Å². The summed E-state index contributed by atoms with van der Waals surface area (Å²) in [6.45, 7) is 2.01. The molecule has 2 aromatic rings. The fourth-order valence-electron chi connectivity index (χ4n) is 2.91. The van der Waals surface area contributed by atoms with Gasteiger partial charge < -0.3 is 4.90 Å². The van der Waals surface area contributed by atoms with Gasteiger partial charge in [-0.05, 0) is 5.56 Å². The molecule has 100 valence electrons. The molecule has 2 heterocycles. The first-order valence-electron chi connectivity index (χ1n) is 6.84. The van der Waals surface area contributed by atoms with Crippen molar-refractivity contribution >= 4 is 5.82 Å². The zero-order valence-electron chi connectivity index (χ0n) is 11.5. The van der Waals surface area contributed by atoms with Crippen molar-refractivity contribution < 1.29 is 9.88 Å². The molecule has 0 spiro atoms. The molecule has 3 rings (SSSR count). The van der Waals surface area contributed by atoms with Gasteiger partial charge in [-0.2, -0.15) is 5.26 Å². The number of aromatic nitrogens is 1. The molecule has 1 aromatic heterocycles. The topological polar surface area (TPSA) is 68.4 Å². The molecule has 1 aliphatic rings. The summed E-state index contributed by atoms with van der Waals surface area (Å²) >= 11 is 0. The van der Waals surface area contributed by atoms with E-state index in [9.17, 15) is 5.26 Å². The van der Waals surface area contributed by atoms with Crippen LogP contribution in [0.4, 0.5) is 5.82 Å². The number of nitrogens with two attached hydrogens (primary N) is 1. The number of nitrogens with one attached hydrogen (secondary N) is 2. The number of nitrogen functional groups attached to an aromatic ring is 1. The van der Waals surface area contributed by atoms with E-state index in [1.165, 1.54) is 16.2 Å². The Morgan fingerprint density at radius 3 is 2.75 bits per heavy atom. The number of fused-ring (bicyclic) bond motifs is 1. The van der Waals surface area contributed by atoms with E-state index in [-0.39, 0.29) is 0 Å². The Bertz CT molecular complexity index is 686. The summed E-state index contributed by atoms with van der Waals surface area (Å²) < 4.78 is 0. The molecule has 1 atom stereocenters. The van der Waals surface area contributed by atoms with Crippen molar-refractivity contribution in [3.63, 3.8) is 0 Å². The highest BCUT2D eigenvalue weighted by Crippen LogP contribution is 2.30. The molecule has 4 nitrogen and oxygen atoms in total. The number of anilines is 1. The van der Waals surface area contributed by atoms with E-state index in [1.807, 2.05) is 30.3 Å². The van der Waals surface area contributed by atoms with E-state index in [0.717, 1.165) is 30.6 Å². The van der Waals surface area contributed by atoms with Crippen LogP contribution in [0, 0.1) is 11.3 Å². The maximum atomic E-state index is 9.47. The quantitative estimate of drug-likeness (QED) is 0.774. The molecule has 1 aromatic carbocycles. The average molecular weight is 266 g/mol. The summed E-state index contributed by atoms with van der Waals surface area (Å²) in [6, 6.07) is 12.3. The van der Waals surface area contributed by atoms with Crippen LogP contribution in [0.25, 0.3) is 11.1 Å². The number of aromatic amines is 1. The third-order valence-electron chi connectivity index (χ3n) is 3.93. The van der Waals surface area contributed by atoms with E-state index in [2.05, 4.69) is 18.1 Å². The van der Waals surface area contributed by atoms with Gasteiger partial charge in [0.15, 0.2) is 0 Å². The van der Waals surface area contributed by atoms with E-state index in [4.69, 9.17) is 5.73 Å². The highest BCUT2D eigenvalue weighted by atomic mass is 15.1. The molecule has 0 radical (unpaired) electrons. The Labute approximate surface area is 118 Å². The Balaban J connectivity index is 2.30. The summed E-state index contributed by atoms with van der Waals surface area (Å²) in [4.78, 5) is 4.68. The number of rotatable bonds is 1. The number of hydrogen-bond donors (Lipinski definition) is 2. The second-order valence-corrected chi connectivity index (χ2v) is 5.36. The van der Waals surface area contributed by atoms with E-state index in [1.54, 1.807) is 0 Å². The minimum atomic E-state index is 0.477. The number of quaternary nitrogens is 1. The van der Waals surface area contributed by atoms with Gasteiger partial charge in [0.1, 0.15) is 23.9 Å². The highest BCUT2D eigenvalue weighted by Gasteiger charge is 2.28. The lowest BCUT2D eigenvalue weighted by molar-refractivity contribution is -0.896. The lowest BCUT2D eigenvalue weighted by Gasteiger charge is -2.23. The average Bonchev–Trinajstić information content (AvgIpc) is 2.47. The highest BCUT2D eigenvalue weighted by molar-refractivity contribution is 5.77. The van der Waals surface area contributed by atoms with Gasteiger partial charge >= 0.3 is 0 Å². The van der Waals surface area contributed by atoms with Crippen LogP contribution in [0.2, 0.25) is 0 Å². The molecule has 0 amide bonds. The van der Waals surface area contributed by atoms with E-state index >= 15 is 0 Å². The van der Waals surface area contributed by atoms with Crippen molar-refractivity contribution in [1.29, 1.82) is 5.26 Å². The maximum absolute atomic E-state index is 9.47. The normalized spacial score (nSPS) is 17.3. The molecule has 1 aliphatic heterocycles. The fraction of sp³-hybridized carbons (Fsp3) is 0.250. The van der Waals surface area contributed by atoms with Gasteiger partial charge in [0, 0.05) is 5.56 Å². The molecule has 20 heavy (non-hydrogen) atoms. The van der Waals surface area contributed by atoms with Gasteiger partial charge in [0.2, 0.25) is 0 Å². The molecule has 1 unspecified atom stereocenters. The number of pyridine rings is 1. The largest absolute Gasteiger partial charge is 0.333 e. The molecule has 4 N–H and O–H groups in total. The lowest BCUT2D eigenvalue weighted by atomic mass is 9.91. The Morgan fingerprint density at radius 2 is 2.05 bits per heavy atom. The standard InChI is InChI=1S/C16H16N4/c1-20-8-7-14-13(10-20)15(11-5-3-2-4-6-11)12(9-17)16(18)19-14/h2-6H,7-8,10H2,1H3,(H2,18,19)/p+2. The second kappa shape index (κ2) is 4.95. The second-order valence-electron chi connectivity index (χ2n) is 5.36. The monoisotopic (exact) mass is 266 g/mol. The summed E-state index contributed by atoms with van der Waals surface area (Å²) in [6.07, 6.45) is 0.969. The van der Waals surface area contributed by atoms with Crippen LogP contribution < -0.4 is 15.6 Å². The number of hydrogen-bond acceptors (Lipinski definition) is 2. The first kappa shape index (κ1) is 12.6. The summed E-state index contributed by atoms with van der Waals surface area (Å²) in [5.74, 6) is 0.477. The van der Waals surface area contributed by atoms with Gasteiger partial charge in [0.05, 0.1) is 25.6 Å². The SMILES string of the molecule is C[NH+]1CCc2[nH+]c(N)c(C#N)c(-c3ccccc3)c2C1. The van der Waals surface area contributed by atoms with Crippen LogP contribution in [0.15, 0.2) is 30.3 Å². The Morgan fingerprint density at radius 1 is 1.30 bits per heavy atom. The predicted molar refractivity (Wildman–Crippen MR) is 76.7 cm³/mol. The van der Waals surface area contributed by atoms with Gasteiger partial charge in [0.25, 0.3) is 5.82 Å². The lowest BCUT2D eigenvalue weighted by Crippen LogP contribution is -3.08. The predicted octanol–water partition coefficient (Wildman–Crippen LogP) is 0.192.